The number of carbonyl (C=O) groups is 1. The van der Waals surface area contributed by atoms with Gasteiger partial charge in [0.05, 0.1) is 16.3 Å². The number of thiophene rings is 1. The number of nitrogens with zero attached hydrogens (tertiary/aromatic N) is 1. The maximum Gasteiger partial charge on any atom is 0.324 e. The van der Waals surface area contributed by atoms with Crippen molar-refractivity contribution < 1.29 is 9.72 Å². The third-order valence-corrected chi connectivity index (χ3v) is 2.61. The Morgan fingerprint density at radius 1 is 1.67 bits per heavy atom. The van der Waals surface area contributed by atoms with Crippen molar-refractivity contribution in [3.05, 3.63) is 38.7 Å². The molecule has 0 aliphatic carbocycles. The maximum absolute atomic E-state index is 11.4. The van der Waals surface area contributed by atoms with E-state index in [1.54, 1.807) is 0 Å². The van der Waals surface area contributed by atoms with Gasteiger partial charge in [0.1, 0.15) is 0 Å². The van der Waals surface area contributed by atoms with Gasteiger partial charge in [0.15, 0.2) is 0 Å². The van der Waals surface area contributed by atoms with Gasteiger partial charge < -0.3 is 5.32 Å². The van der Waals surface area contributed by atoms with Crippen LogP contribution in [0, 0.1) is 10.1 Å². The molecule has 0 saturated heterocycles. The molecule has 0 spiro atoms. The number of nitrogens with one attached hydrogen (secondary N) is 1. The van der Waals surface area contributed by atoms with Crippen molar-refractivity contribution in [2.24, 2.45) is 0 Å². The summed E-state index contributed by atoms with van der Waals surface area (Å²) in [6.07, 6.45) is 0. The SMILES string of the molecule is C=C(Cl)CNC(=O)c1ccc([N+](=O)[O-])s1. The lowest BCUT2D eigenvalue weighted by Gasteiger charge is -1.99. The average Bonchev–Trinajstić information content (AvgIpc) is 2.62. The lowest BCUT2D eigenvalue weighted by molar-refractivity contribution is -0.380. The van der Waals surface area contributed by atoms with Gasteiger partial charge >= 0.3 is 5.00 Å². The molecule has 15 heavy (non-hydrogen) atoms. The van der Waals surface area contributed by atoms with Gasteiger partial charge in [0, 0.05) is 11.1 Å². The van der Waals surface area contributed by atoms with E-state index in [2.05, 4.69) is 11.9 Å². The smallest absolute Gasteiger partial charge is 0.324 e. The van der Waals surface area contributed by atoms with Gasteiger partial charge in [-0.1, -0.05) is 29.5 Å². The molecule has 0 radical (unpaired) electrons. The molecule has 0 bridgehead atoms. The van der Waals surface area contributed by atoms with E-state index in [9.17, 15) is 14.9 Å². The molecule has 1 N–H and O–H groups in total. The van der Waals surface area contributed by atoms with E-state index in [0.29, 0.717) is 5.03 Å². The van der Waals surface area contributed by atoms with Crippen LogP contribution in [0.25, 0.3) is 0 Å². The summed E-state index contributed by atoms with van der Waals surface area (Å²) < 4.78 is 0. The Labute approximate surface area is 94.5 Å². The third kappa shape index (κ3) is 3.34. The number of nitro groups is 1. The van der Waals surface area contributed by atoms with Crippen molar-refractivity contribution >= 4 is 33.8 Å². The molecule has 1 amide bonds. The highest BCUT2D eigenvalue weighted by Gasteiger charge is 2.14. The second kappa shape index (κ2) is 4.90. The fraction of sp³-hybridized carbons (Fsp3) is 0.125. The van der Waals surface area contributed by atoms with Crippen LogP contribution >= 0.6 is 22.9 Å². The molecule has 80 valence electrons. The van der Waals surface area contributed by atoms with E-state index >= 15 is 0 Å². The molecule has 7 heteroatoms. The molecule has 1 heterocycles. The van der Waals surface area contributed by atoms with Crippen LogP contribution < -0.4 is 5.32 Å². The van der Waals surface area contributed by atoms with Crippen LogP contribution in [0.15, 0.2) is 23.7 Å². The van der Waals surface area contributed by atoms with E-state index < -0.39 is 10.8 Å². The lowest BCUT2D eigenvalue weighted by Crippen LogP contribution is -2.23. The minimum absolute atomic E-state index is 0.0650. The number of rotatable bonds is 4. The molecule has 0 aliphatic rings. The Kier molecular flexibility index (Phi) is 3.81. The molecule has 1 aromatic rings. The van der Waals surface area contributed by atoms with Gasteiger partial charge in [-0.05, 0) is 6.07 Å². The molecule has 0 fully saturated rings. The Morgan fingerprint density at radius 3 is 2.80 bits per heavy atom. The fourth-order valence-corrected chi connectivity index (χ4v) is 1.61. The van der Waals surface area contributed by atoms with E-state index in [1.807, 2.05) is 0 Å². The molecular weight excluding hydrogens is 240 g/mol. The first-order valence-corrected chi connectivity index (χ1v) is 5.06. The highest BCUT2D eigenvalue weighted by molar-refractivity contribution is 7.17. The number of halogens is 1. The fourth-order valence-electron chi connectivity index (χ4n) is 0.811. The Bertz CT molecular complexity index is 416. The van der Waals surface area contributed by atoms with E-state index in [-0.39, 0.29) is 16.4 Å². The zero-order valence-corrected chi connectivity index (χ0v) is 9.10. The molecule has 0 unspecified atom stereocenters. The van der Waals surface area contributed by atoms with Gasteiger partial charge in [-0.15, -0.1) is 0 Å². The van der Waals surface area contributed by atoms with Crippen molar-refractivity contribution in [1.29, 1.82) is 0 Å². The van der Waals surface area contributed by atoms with Gasteiger partial charge in [0.25, 0.3) is 5.91 Å². The summed E-state index contributed by atoms with van der Waals surface area (Å²) in [5, 5.41) is 13.1. The first kappa shape index (κ1) is 11.7. The standard InChI is InChI=1S/C8H7ClN2O3S/c1-5(9)4-10-8(12)6-2-3-7(15-6)11(13)14/h2-3H,1,4H2,(H,10,12). The third-order valence-electron chi connectivity index (χ3n) is 1.44. The van der Waals surface area contributed by atoms with Crippen LogP contribution in [-0.4, -0.2) is 17.4 Å². The average molecular weight is 247 g/mol. The Balaban J connectivity index is 2.66. The summed E-state index contributed by atoms with van der Waals surface area (Å²) in [5.74, 6) is -0.394. The summed E-state index contributed by atoms with van der Waals surface area (Å²) in [7, 11) is 0. The van der Waals surface area contributed by atoms with Crippen molar-refractivity contribution in [1.82, 2.24) is 5.32 Å². The van der Waals surface area contributed by atoms with Gasteiger partial charge in [-0.3, -0.25) is 14.9 Å². The zero-order valence-electron chi connectivity index (χ0n) is 7.53. The number of hydrogen-bond donors (Lipinski definition) is 1. The summed E-state index contributed by atoms with van der Waals surface area (Å²) in [4.78, 5) is 21.5. The maximum atomic E-state index is 11.4. The quantitative estimate of drug-likeness (QED) is 0.653. The number of carbonyl (C=O) groups excluding carboxylic acids is 1. The van der Waals surface area contributed by atoms with E-state index in [4.69, 9.17) is 11.6 Å². The number of amides is 1. The monoisotopic (exact) mass is 246 g/mol. The molecule has 0 saturated carbocycles. The first-order chi connectivity index (χ1) is 7.00. The van der Waals surface area contributed by atoms with Crippen molar-refractivity contribution in [2.75, 3.05) is 6.54 Å². The summed E-state index contributed by atoms with van der Waals surface area (Å²) in [6, 6.07) is 2.68. The molecule has 5 nitrogen and oxygen atoms in total. The summed E-state index contributed by atoms with van der Waals surface area (Å²) in [5.41, 5.74) is 0. The summed E-state index contributed by atoms with van der Waals surface area (Å²) >= 11 is 6.27. The van der Waals surface area contributed by atoms with Crippen LogP contribution in [-0.2, 0) is 0 Å². The van der Waals surface area contributed by atoms with Crippen LogP contribution in [0.5, 0.6) is 0 Å². The molecule has 0 atom stereocenters. The summed E-state index contributed by atoms with van der Waals surface area (Å²) in [6.45, 7) is 3.55. The van der Waals surface area contributed by atoms with Crippen LogP contribution in [0.1, 0.15) is 9.67 Å². The molecule has 1 rings (SSSR count). The predicted molar refractivity (Wildman–Crippen MR) is 58.3 cm³/mol. The van der Waals surface area contributed by atoms with Crippen LogP contribution in [0.2, 0.25) is 0 Å². The second-order valence-corrected chi connectivity index (χ2v) is 4.19. The Morgan fingerprint density at radius 2 is 2.33 bits per heavy atom. The van der Waals surface area contributed by atoms with Crippen molar-refractivity contribution in [2.45, 2.75) is 0 Å². The molecule has 0 aromatic carbocycles. The van der Waals surface area contributed by atoms with Gasteiger partial charge in [-0.2, -0.15) is 0 Å². The van der Waals surface area contributed by atoms with Gasteiger partial charge in [-0.25, -0.2) is 0 Å². The molecule has 1 aromatic heterocycles. The first-order valence-electron chi connectivity index (χ1n) is 3.86. The topological polar surface area (TPSA) is 72.2 Å². The van der Waals surface area contributed by atoms with Crippen molar-refractivity contribution in [3.63, 3.8) is 0 Å². The predicted octanol–water partition coefficient (Wildman–Crippen LogP) is 2.14. The minimum Gasteiger partial charge on any atom is -0.346 e. The number of hydrogen-bond acceptors (Lipinski definition) is 4. The van der Waals surface area contributed by atoms with Gasteiger partial charge in [0.2, 0.25) is 0 Å². The Hall–Kier alpha value is -1.40. The van der Waals surface area contributed by atoms with Crippen LogP contribution in [0.3, 0.4) is 0 Å². The van der Waals surface area contributed by atoms with Crippen LogP contribution in [0.4, 0.5) is 5.00 Å². The van der Waals surface area contributed by atoms with Crippen molar-refractivity contribution in [3.8, 4) is 0 Å². The minimum atomic E-state index is -0.540. The van der Waals surface area contributed by atoms with E-state index in [1.165, 1.54) is 12.1 Å². The highest BCUT2D eigenvalue weighted by Crippen LogP contribution is 2.23. The lowest BCUT2D eigenvalue weighted by atomic mass is 10.4. The highest BCUT2D eigenvalue weighted by atomic mass is 35.5. The largest absolute Gasteiger partial charge is 0.346 e. The second-order valence-electron chi connectivity index (χ2n) is 2.59. The molecular formula is C8H7ClN2O3S. The van der Waals surface area contributed by atoms with E-state index in [0.717, 1.165) is 11.3 Å². The normalized spacial score (nSPS) is 9.67. The zero-order chi connectivity index (χ0) is 11.4. The molecule has 0 aliphatic heterocycles.